The zero-order valence-electron chi connectivity index (χ0n) is 11.1. The van der Waals surface area contributed by atoms with Crippen LogP contribution in [0.1, 0.15) is 0 Å². The van der Waals surface area contributed by atoms with Crippen LogP contribution >= 0.6 is 0 Å². The summed E-state index contributed by atoms with van der Waals surface area (Å²) < 4.78 is 5.36. The average molecular weight is 270 g/mol. The van der Waals surface area contributed by atoms with Gasteiger partial charge < -0.3 is 4.42 Å². The van der Waals surface area contributed by atoms with E-state index in [0.29, 0.717) is 5.58 Å². The molecule has 4 aromatic carbocycles. The Labute approximate surface area is 119 Å². The number of hydrogen-bond acceptors (Lipinski definition) is 2. The maximum absolute atomic E-state index is 11.5. The van der Waals surface area contributed by atoms with Crippen molar-refractivity contribution in [3.63, 3.8) is 0 Å². The quantitative estimate of drug-likeness (QED) is 0.232. The van der Waals surface area contributed by atoms with Gasteiger partial charge in [-0.15, -0.1) is 0 Å². The van der Waals surface area contributed by atoms with Crippen LogP contribution in [0.5, 0.6) is 0 Å². The summed E-state index contributed by atoms with van der Waals surface area (Å²) in [5.74, 6) is 0. The molecule has 0 aliphatic rings. The Bertz CT molecular complexity index is 1180. The summed E-state index contributed by atoms with van der Waals surface area (Å²) >= 11 is 0. The van der Waals surface area contributed by atoms with E-state index in [1.165, 1.54) is 27.6 Å². The first-order valence-corrected chi connectivity index (χ1v) is 6.92. The van der Waals surface area contributed by atoms with Gasteiger partial charge in [0.25, 0.3) is 0 Å². The highest BCUT2D eigenvalue weighted by atomic mass is 16.4. The number of rotatable bonds is 0. The second kappa shape index (κ2) is 3.61. The van der Waals surface area contributed by atoms with Gasteiger partial charge in [0.05, 0.1) is 0 Å². The minimum absolute atomic E-state index is 0.310. The van der Waals surface area contributed by atoms with Crippen LogP contribution in [0.3, 0.4) is 0 Å². The minimum atomic E-state index is -0.310. The zero-order valence-corrected chi connectivity index (χ0v) is 11.1. The SMILES string of the molecule is O=c1ccc2c(cc3ccc4cccc5ccc2c3c45)o1. The van der Waals surface area contributed by atoms with Crippen LogP contribution in [-0.4, -0.2) is 0 Å². The molecular formula is C19H10O2. The van der Waals surface area contributed by atoms with Gasteiger partial charge in [-0.2, -0.15) is 0 Å². The fourth-order valence-electron chi connectivity index (χ4n) is 3.36. The van der Waals surface area contributed by atoms with Gasteiger partial charge in [-0.1, -0.05) is 42.5 Å². The maximum atomic E-state index is 11.5. The van der Waals surface area contributed by atoms with Crippen molar-refractivity contribution in [1.82, 2.24) is 0 Å². The van der Waals surface area contributed by atoms with E-state index in [1.807, 2.05) is 12.1 Å². The van der Waals surface area contributed by atoms with Crippen LogP contribution in [0.25, 0.3) is 43.3 Å². The molecule has 5 aromatic rings. The topological polar surface area (TPSA) is 30.2 Å². The molecule has 0 aliphatic heterocycles. The molecule has 5 rings (SSSR count). The fourth-order valence-corrected chi connectivity index (χ4v) is 3.36. The molecule has 0 bridgehead atoms. The monoisotopic (exact) mass is 270 g/mol. The zero-order chi connectivity index (χ0) is 14.0. The molecule has 98 valence electrons. The third-order valence-electron chi connectivity index (χ3n) is 4.25. The van der Waals surface area contributed by atoms with Gasteiger partial charge in [0.2, 0.25) is 0 Å². The van der Waals surface area contributed by atoms with E-state index in [-0.39, 0.29) is 5.63 Å². The Morgan fingerprint density at radius 3 is 2.24 bits per heavy atom. The third kappa shape index (κ3) is 1.34. The standard InChI is InChI=1S/C19H10O2/c20-17-9-8-14-15-7-6-12-3-1-2-11-4-5-13(10-16(14)21-17)19(15)18(11)12/h1-10H. The molecule has 2 heteroatoms. The van der Waals surface area contributed by atoms with Gasteiger partial charge in [0, 0.05) is 11.5 Å². The molecule has 0 fully saturated rings. The molecule has 0 saturated carbocycles. The van der Waals surface area contributed by atoms with Crippen LogP contribution in [0.2, 0.25) is 0 Å². The van der Waals surface area contributed by atoms with E-state index in [2.05, 4.69) is 42.5 Å². The summed E-state index contributed by atoms with van der Waals surface area (Å²) in [6.45, 7) is 0. The minimum Gasteiger partial charge on any atom is -0.423 e. The molecule has 1 aromatic heterocycles. The van der Waals surface area contributed by atoms with Gasteiger partial charge in [0.1, 0.15) is 5.58 Å². The fraction of sp³-hybridized carbons (Fsp3) is 0. The third-order valence-corrected chi connectivity index (χ3v) is 4.25. The lowest BCUT2D eigenvalue weighted by atomic mass is 9.92. The molecular weight excluding hydrogens is 260 g/mol. The average Bonchev–Trinajstić information content (AvgIpc) is 2.51. The normalized spacial score (nSPS) is 12.0. The Morgan fingerprint density at radius 1 is 0.667 bits per heavy atom. The van der Waals surface area contributed by atoms with Crippen LogP contribution in [-0.2, 0) is 0 Å². The van der Waals surface area contributed by atoms with Crippen molar-refractivity contribution in [2.24, 2.45) is 0 Å². The van der Waals surface area contributed by atoms with Crippen molar-refractivity contribution < 1.29 is 4.42 Å². The first-order chi connectivity index (χ1) is 10.3. The predicted octanol–water partition coefficient (Wildman–Crippen LogP) is 4.69. The molecule has 0 amide bonds. The van der Waals surface area contributed by atoms with Crippen molar-refractivity contribution in [2.75, 3.05) is 0 Å². The van der Waals surface area contributed by atoms with Crippen LogP contribution in [0, 0.1) is 0 Å². The molecule has 0 radical (unpaired) electrons. The molecule has 0 saturated heterocycles. The van der Waals surface area contributed by atoms with Gasteiger partial charge in [-0.3, -0.25) is 0 Å². The van der Waals surface area contributed by atoms with E-state index in [9.17, 15) is 4.79 Å². The van der Waals surface area contributed by atoms with E-state index >= 15 is 0 Å². The summed E-state index contributed by atoms with van der Waals surface area (Å²) in [6, 6.07) is 20.1. The molecule has 0 atom stereocenters. The summed E-state index contributed by atoms with van der Waals surface area (Å²) in [6.07, 6.45) is 0. The van der Waals surface area contributed by atoms with Crippen LogP contribution in [0.4, 0.5) is 0 Å². The van der Waals surface area contributed by atoms with Crippen LogP contribution in [0.15, 0.2) is 69.9 Å². The van der Waals surface area contributed by atoms with Crippen LogP contribution < -0.4 is 5.63 Å². The lowest BCUT2D eigenvalue weighted by Crippen LogP contribution is -1.95. The molecule has 0 spiro atoms. The van der Waals surface area contributed by atoms with Gasteiger partial charge >= 0.3 is 5.63 Å². The molecule has 2 nitrogen and oxygen atoms in total. The molecule has 0 N–H and O–H groups in total. The van der Waals surface area contributed by atoms with E-state index < -0.39 is 0 Å². The number of hydrogen-bond donors (Lipinski definition) is 0. The lowest BCUT2D eigenvalue weighted by Gasteiger charge is -2.12. The summed E-state index contributed by atoms with van der Waals surface area (Å²) in [7, 11) is 0. The van der Waals surface area contributed by atoms with Crippen molar-refractivity contribution in [2.45, 2.75) is 0 Å². The van der Waals surface area contributed by atoms with Gasteiger partial charge in [-0.05, 0) is 44.5 Å². The molecule has 0 aliphatic carbocycles. The Balaban J connectivity index is 2.20. The first kappa shape index (κ1) is 10.9. The van der Waals surface area contributed by atoms with Crippen molar-refractivity contribution >= 4 is 43.3 Å². The molecule has 21 heavy (non-hydrogen) atoms. The Hall–Kier alpha value is -2.87. The second-order valence-electron chi connectivity index (χ2n) is 5.40. The summed E-state index contributed by atoms with van der Waals surface area (Å²) in [5, 5.41) is 8.23. The summed E-state index contributed by atoms with van der Waals surface area (Å²) in [4.78, 5) is 11.5. The van der Waals surface area contributed by atoms with Gasteiger partial charge in [0.15, 0.2) is 0 Å². The number of benzene rings is 4. The summed E-state index contributed by atoms with van der Waals surface area (Å²) in [5.41, 5.74) is 0.337. The van der Waals surface area contributed by atoms with Gasteiger partial charge in [-0.25, -0.2) is 4.79 Å². The Kier molecular flexibility index (Phi) is 1.87. The molecule has 0 unspecified atom stereocenters. The lowest BCUT2D eigenvalue weighted by molar-refractivity contribution is 0.562. The van der Waals surface area contributed by atoms with E-state index in [1.54, 1.807) is 0 Å². The largest absolute Gasteiger partial charge is 0.423 e. The molecule has 1 heterocycles. The highest BCUT2D eigenvalue weighted by molar-refractivity contribution is 6.28. The maximum Gasteiger partial charge on any atom is 0.336 e. The van der Waals surface area contributed by atoms with Crippen molar-refractivity contribution in [3.05, 3.63) is 71.1 Å². The highest BCUT2D eigenvalue weighted by Gasteiger charge is 2.11. The highest BCUT2D eigenvalue weighted by Crippen LogP contribution is 2.37. The smallest absolute Gasteiger partial charge is 0.336 e. The second-order valence-corrected chi connectivity index (χ2v) is 5.40. The predicted molar refractivity (Wildman–Crippen MR) is 86.2 cm³/mol. The first-order valence-electron chi connectivity index (χ1n) is 6.92. The van der Waals surface area contributed by atoms with E-state index in [0.717, 1.165) is 16.2 Å². The van der Waals surface area contributed by atoms with Crippen molar-refractivity contribution in [3.8, 4) is 0 Å². The van der Waals surface area contributed by atoms with E-state index in [4.69, 9.17) is 4.42 Å². The van der Waals surface area contributed by atoms with Crippen molar-refractivity contribution in [1.29, 1.82) is 0 Å². The Morgan fingerprint density at radius 2 is 1.38 bits per heavy atom. The number of fused-ring (bicyclic) bond motifs is 2.